The van der Waals surface area contributed by atoms with E-state index in [1.165, 1.54) is 0 Å². The molecule has 0 rings (SSSR count). The molecule has 0 amide bonds. The lowest BCUT2D eigenvalue weighted by Crippen LogP contribution is -2.46. The zero-order valence-corrected chi connectivity index (χ0v) is 28.7. The van der Waals surface area contributed by atoms with Crippen LogP contribution in [-0.4, -0.2) is 81.7 Å². The van der Waals surface area contributed by atoms with Crippen LogP contribution in [0.4, 0.5) is 0 Å². The molecule has 0 N–H and O–H groups in total. The zero-order valence-electron chi connectivity index (χ0n) is 26.7. The Balaban J connectivity index is 4.87. The van der Waals surface area contributed by atoms with Crippen molar-refractivity contribution in [3.05, 3.63) is 0 Å². The minimum absolute atomic E-state index is 0.239. The molecule has 0 fully saturated rings. The van der Waals surface area contributed by atoms with E-state index in [2.05, 4.69) is 34.6 Å². The highest BCUT2D eigenvalue weighted by molar-refractivity contribution is 6.61. The van der Waals surface area contributed by atoms with Crippen molar-refractivity contribution in [2.45, 2.75) is 125 Å². The minimum atomic E-state index is -2.64. The van der Waals surface area contributed by atoms with Gasteiger partial charge in [0.2, 0.25) is 0 Å². The summed E-state index contributed by atoms with van der Waals surface area (Å²) in [6.45, 7) is 27.7. The quantitative estimate of drug-likeness (QED) is 0.0808. The highest BCUT2D eigenvalue weighted by Gasteiger charge is 2.41. The fourth-order valence-electron chi connectivity index (χ4n) is 4.52. The van der Waals surface area contributed by atoms with Crippen LogP contribution in [0.5, 0.6) is 0 Å². The molecular formula is C28H62O8Si2. The molecule has 38 heavy (non-hydrogen) atoms. The third-order valence-electron chi connectivity index (χ3n) is 6.97. The first-order chi connectivity index (χ1) is 18.0. The molecule has 0 saturated carbocycles. The van der Waals surface area contributed by atoms with Gasteiger partial charge in [0.15, 0.2) is 0 Å². The van der Waals surface area contributed by atoms with E-state index in [-0.39, 0.29) is 17.1 Å². The van der Waals surface area contributed by atoms with Crippen molar-refractivity contribution in [2.24, 2.45) is 5.92 Å². The number of ether oxygens (including phenoxy) is 2. The van der Waals surface area contributed by atoms with Gasteiger partial charge in [-0.2, -0.15) is 0 Å². The van der Waals surface area contributed by atoms with E-state index in [1.54, 1.807) is 0 Å². The Bertz CT molecular complexity index is 547. The first-order valence-electron chi connectivity index (χ1n) is 15.1. The highest BCUT2D eigenvalue weighted by atomic mass is 28.4. The van der Waals surface area contributed by atoms with E-state index >= 15 is 0 Å². The van der Waals surface area contributed by atoms with Gasteiger partial charge in [0.1, 0.15) is 0 Å². The van der Waals surface area contributed by atoms with Crippen molar-refractivity contribution >= 4 is 17.6 Å². The first-order valence-corrected chi connectivity index (χ1v) is 18.9. The maximum absolute atomic E-state index is 6.47. The van der Waals surface area contributed by atoms with Crippen molar-refractivity contribution in [1.29, 1.82) is 0 Å². The molecule has 2 unspecified atom stereocenters. The molecule has 0 bridgehead atoms. The van der Waals surface area contributed by atoms with Crippen molar-refractivity contribution in [3.63, 3.8) is 0 Å². The zero-order chi connectivity index (χ0) is 29.1. The van der Waals surface area contributed by atoms with Crippen LogP contribution in [-0.2, 0) is 36.0 Å². The summed E-state index contributed by atoms with van der Waals surface area (Å²) in [7, 11) is -5.26. The maximum Gasteiger partial charge on any atom is 0.501 e. The van der Waals surface area contributed by atoms with Gasteiger partial charge in [0, 0.05) is 64.3 Å². The number of rotatable bonds is 26. The second-order valence-electron chi connectivity index (χ2n) is 10.4. The van der Waals surface area contributed by atoms with Gasteiger partial charge in [-0.3, -0.25) is 0 Å². The Morgan fingerprint density at radius 2 is 0.974 bits per heavy atom. The Hall–Kier alpha value is 0.114. The molecule has 0 aliphatic heterocycles. The smallest absolute Gasteiger partial charge is 0.375 e. The average Bonchev–Trinajstić information content (AvgIpc) is 2.86. The maximum atomic E-state index is 6.47. The topological polar surface area (TPSA) is 73.8 Å². The van der Waals surface area contributed by atoms with E-state index in [0.29, 0.717) is 52.9 Å². The normalized spacial score (nSPS) is 15.6. The molecule has 2 atom stereocenters. The van der Waals surface area contributed by atoms with Gasteiger partial charge in [-0.15, -0.1) is 0 Å². The second-order valence-corrected chi connectivity index (χ2v) is 15.9. The first kappa shape index (κ1) is 38.1. The van der Waals surface area contributed by atoms with Gasteiger partial charge in [-0.25, -0.2) is 0 Å². The van der Waals surface area contributed by atoms with Crippen LogP contribution in [0.15, 0.2) is 0 Å². The van der Waals surface area contributed by atoms with Gasteiger partial charge in [-0.1, -0.05) is 13.8 Å². The number of hydrogen-bond acceptors (Lipinski definition) is 8. The molecule has 0 saturated heterocycles. The van der Waals surface area contributed by atoms with Gasteiger partial charge in [0.25, 0.3) is 0 Å². The summed E-state index contributed by atoms with van der Waals surface area (Å²) in [4.78, 5) is 0. The standard InChI is InChI=1S/C28H62O8Si2/c1-12-28(11,29-22-20-24-38(34-16-5,35-17-6)36-18-7)26(8)25-30-27(9,10)21-19-23-37(31-13-2,32-14-3)33-15-4/h26H,12-25H2,1-11H3. The van der Waals surface area contributed by atoms with Crippen molar-refractivity contribution < 1.29 is 36.0 Å². The van der Waals surface area contributed by atoms with Crippen molar-refractivity contribution in [1.82, 2.24) is 0 Å². The van der Waals surface area contributed by atoms with E-state index < -0.39 is 17.6 Å². The minimum Gasteiger partial charge on any atom is -0.375 e. The summed E-state index contributed by atoms with van der Waals surface area (Å²) in [6, 6.07) is 1.56. The molecule has 0 aromatic carbocycles. The molecule has 10 heteroatoms. The van der Waals surface area contributed by atoms with Gasteiger partial charge >= 0.3 is 17.6 Å². The van der Waals surface area contributed by atoms with Crippen molar-refractivity contribution in [2.75, 3.05) is 52.9 Å². The Kier molecular flexibility index (Phi) is 20.1. The van der Waals surface area contributed by atoms with Gasteiger partial charge < -0.3 is 36.0 Å². The fraction of sp³-hybridized carbons (Fsp3) is 1.00. The molecule has 0 radical (unpaired) electrons. The fourth-order valence-corrected chi connectivity index (χ4v) is 9.71. The summed E-state index contributed by atoms with van der Waals surface area (Å²) in [5.74, 6) is 0.239. The van der Waals surface area contributed by atoms with E-state index in [9.17, 15) is 0 Å². The molecular weight excluding hydrogens is 520 g/mol. The Morgan fingerprint density at radius 3 is 1.34 bits per heavy atom. The highest BCUT2D eigenvalue weighted by Crippen LogP contribution is 2.30. The third-order valence-corrected chi connectivity index (χ3v) is 13.3. The number of hydrogen-bond donors (Lipinski definition) is 0. The lowest BCUT2D eigenvalue weighted by molar-refractivity contribution is -0.118. The summed E-state index contributed by atoms with van der Waals surface area (Å²) in [5.41, 5.74) is -0.532. The van der Waals surface area contributed by atoms with Crippen LogP contribution in [0.1, 0.15) is 102 Å². The predicted octanol–water partition coefficient (Wildman–Crippen LogP) is 6.87. The lowest BCUT2D eigenvalue weighted by atomic mass is 9.88. The van der Waals surface area contributed by atoms with Crippen LogP contribution < -0.4 is 0 Å². The average molecular weight is 583 g/mol. The largest absolute Gasteiger partial charge is 0.501 e. The Labute approximate surface area is 237 Å². The summed E-state index contributed by atoms with van der Waals surface area (Å²) >= 11 is 0. The summed E-state index contributed by atoms with van der Waals surface area (Å²) in [5, 5.41) is 0. The van der Waals surface area contributed by atoms with Crippen LogP contribution >= 0.6 is 0 Å². The second kappa shape index (κ2) is 20.1. The third kappa shape index (κ3) is 14.1. The predicted molar refractivity (Wildman–Crippen MR) is 159 cm³/mol. The molecule has 0 heterocycles. The molecule has 0 aromatic rings. The van der Waals surface area contributed by atoms with Crippen LogP contribution in [0.2, 0.25) is 12.1 Å². The lowest BCUT2D eigenvalue weighted by Gasteiger charge is -2.37. The molecule has 8 nitrogen and oxygen atoms in total. The SMILES string of the molecule is CCO[Si](CCCOC(C)(CC)C(C)COC(C)(C)CCC[Si](OCC)(OCC)OCC)(OCC)OCC. The van der Waals surface area contributed by atoms with Crippen LogP contribution in [0, 0.1) is 5.92 Å². The summed E-state index contributed by atoms with van der Waals surface area (Å²) < 4.78 is 48.9. The molecule has 0 aliphatic carbocycles. The monoisotopic (exact) mass is 582 g/mol. The molecule has 230 valence electrons. The van der Waals surface area contributed by atoms with Crippen LogP contribution in [0.25, 0.3) is 0 Å². The summed E-state index contributed by atoms with van der Waals surface area (Å²) in [6.07, 6.45) is 3.59. The van der Waals surface area contributed by atoms with E-state index in [0.717, 1.165) is 37.8 Å². The van der Waals surface area contributed by atoms with E-state index in [1.807, 2.05) is 41.5 Å². The molecule has 0 spiro atoms. The van der Waals surface area contributed by atoms with Crippen molar-refractivity contribution in [3.8, 4) is 0 Å². The Morgan fingerprint density at radius 1 is 0.579 bits per heavy atom. The molecule has 0 aromatic heterocycles. The van der Waals surface area contributed by atoms with Gasteiger partial charge in [-0.05, 0) is 88.0 Å². The van der Waals surface area contributed by atoms with Crippen LogP contribution in [0.3, 0.4) is 0 Å². The van der Waals surface area contributed by atoms with E-state index in [4.69, 9.17) is 36.0 Å². The molecule has 0 aliphatic rings. The van der Waals surface area contributed by atoms with Gasteiger partial charge in [0.05, 0.1) is 17.8 Å².